The fourth-order valence-electron chi connectivity index (χ4n) is 7.60. The Morgan fingerprint density at radius 2 is 1.42 bits per heavy atom. The number of aromatic nitrogens is 10. The van der Waals surface area contributed by atoms with Crippen LogP contribution in [0, 0.1) is 19.3 Å². The summed E-state index contributed by atoms with van der Waals surface area (Å²) >= 11 is 24.9. The Morgan fingerprint density at radius 3 is 2.07 bits per heavy atom. The van der Waals surface area contributed by atoms with E-state index in [1.807, 2.05) is 58.0 Å². The molecule has 5 aromatic heterocycles. The van der Waals surface area contributed by atoms with Crippen molar-refractivity contribution in [2.24, 2.45) is 19.5 Å². The lowest BCUT2D eigenvalue weighted by Crippen LogP contribution is -2.62. The summed E-state index contributed by atoms with van der Waals surface area (Å²) in [5.41, 5.74) is 5.68. The smallest absolute Gasteiger partial charge is 0.410 e. The number of halogens is 4. The van der Waals surface area contributed by atoms with Crippen LogP contribution in [-0.4, -0.2) is 98.3 Å². The molecule has 0 atom stereocenters. The molecule has 2 aromatic carbocycles. The molecule has 19 heteroatoms. The van der Waals surface area contributed by atoms with E-state index in [9.17, 15) is 9.59 Å². The lowest BCUT2D eigenvalue weighted by Gasteiger charge is -2.53. The number of anilines is 1. The number of aromatic amines is 1. The second-order valence-corrected chi connectivity index (χ2v) is 17.6. The van der Waals surface area contributed by atoms with Crippen molar-refractivity contribution in [2.45, 2.75) is 53.1 Å². The normalized spacial score (nSPS) is 15.2. The Labute approximate surface area is 359 Å². The van der Waals surface area contributed by atoms with Crippen molar-refractivity contribution < 1.29 is 14.3 Å². The van der Waals surface area contributed by atoms with Gasteiger partial charge in [0.1, 0.15) is 16.8 Å². The Bertz CT molecular complexity index is 2810. The van der Waals surface area contributed by atoms with Crippen LogP contribution in [0.2, 0.25) is 20.4 Å². The first kappa shape index (κ1) is 40.7. The number of likely N-dealkylation sites (tertiary alicyclic amines) is 1. The number of carbonyl (C=O) groups excluding carboxylic acids is 2. The van der Waals surface area contributed by atoms with Gasteiger partial charge in [0.15, 0.2) is 16.1 Å². The topological polar surface area (TPSA) is 166 Å². The number of amides is 1. The maximum Gasteiger partial charge on any atom is 0.410 e. The van der Waals surface area contributed by atoms with E-state index in [1.54, 1.807) is 41.7 Å². The standard InChI is InChI=1S/C26H31ClN8O2.C14H9Cl3N4O/c1-15-23(34-10-8-26(9-11-34)13-35(14-26)24(36)37-25(2,3)4)29-22-21(28-15)20(30-31-22)16-6-7-18-17(19(16)27)12-33(5)32-18;1-6-13(16)19-14(17)11(18-6)12(22)7-3-4-9-8(10(7)15)5-21(2)20-9/h6-7,12H,8-11,13-14H2,1-5H3,(H,29,30,31);3-5H,1-2H3. The second kappa shape index (κ2) is 15.2. The van der Waals surface area contributed by atoms with Gasteiger partial charge in [-0.25, -0.2) is 24.7 Å². The van der Waals surface area contributed by atoms with Crippen LogP contribution in [-0.2, 0) is 18.8 Å². The monoisotopic (exact) mass is 876 g/mol. The van der Waals surface area contributed by atoms with Crippen LogP contribution in [0.25, 0.3) is 44.2 Å². The molecule has 0 unspecified atom stereocenters. The lowest BCUT2D eigenvalue weighted by molar-refractivity contribution is -0.0434. The number of nitrogens with one attached hydrogen (secondary N) is 1. The molecule has 0 aliphatic carbocycles. The molecule has 306 valence electrons. The molecule has 1 spiro atoms. The van der Waals surface area contributed by atoms with Crippen molar-refractivity contribution in [3.63, 3.8) is 0 Å². The number of benzene rings is 2. The van der Waals surface area contributed by atoms with Gasteiger partial charge in [-0.2, -0.15) is 15.3 Å². The van der Waals surface area contributed by atoms with Gasteiger partial charge in [-0.1, -0.05) is 46.4 Å². The molecule has 2 saturated heterocycles. The van der Waals surface area contributed by atoms with Crippen molar-refractivity contribution in [2.75, 3.05) is 31.1 Å². The molecule has 59 heavy (non-hydrogen) atoms. The molecule has 9 rings (SSSR count). The van der Waals surface area contributed by atoms with Gasteiger partial charge >= 0.3 is 6.09 Å². The summed E-state index contributed by atoms with van der Waals surface area (Å²) in [5.74, 6) is 0.450. The van der Waals surface area contributed by atoms with E-state index < -0.39 is 11.4 Å². The van der Waals surface area contributed by atoms with Crippen molar-refractivity contribution in [3.8, 4) is 11.3 Å². The van der Waals surface area contributed by atoms with Crippen LogP contribution in [0.5, 0.6) is 0 Å². The number of nitrogens with zero attached hydrogens (tertiary/aromatic N) is 11. The van der Waals surface area contributed by atoms with Gasteiger partial charge in [0, 0.05) is 80.0 Å². The highest BCUT2D eigenvalue weighted by Crippen LogP contribution is 2.43. The summed E-state index contributed by atoms with van der Waals surface area (Å²) in [6, 6.07) is 7.21. The Morgan fingerprint density at radius 1 is 0.797 bits per heavy atom. The number of H-pyrrole nitrogens is 1. The fourth-order valence-corrected chi connectivity index (χ4v) is 8.58. The highest BCUT2D eigenvalue weighted by Gasteiger charge is 2.48. The summed E-state index contributed by atoms with van der Waals surface area (Å²) < 4.78 is 8.90. The lowest BCUT2D eigenvalue weighted by atomic mass is 9.72. The van der Waals surface area contributed by atoms with Crippen molar-refractivity contribution in [1.82, 2.24) is 54.6 Å². The van der Waals surface area contributed by atoms with E-state index >= 15 is 0 Å². The van der Waals surface area contributed by atoms with E-state index in [-0.39, 0.29) is 27.5 Å². The maximum atomic E-state index is 12.7. The second-order valence-electron chi connectivity index (χ2n) is 16.1. The first-order chi connectivity index (χ1) is 27.9. The average Bonchev–Trinajstić information content (AvgIpc) is 3.87. The molecule has 7 aromatic rings. The predicted molar refractivity (Wildman–Crippen MR) is 229 cm³/mol. The minimum atomic E-state index is -0.471. The largest absolute Gasteiger partial charge is 0.444 e. The van der Waals surface area contributed by atoms with E-state index in [0.717, 1.165) is 72.7 Å². The number of aryl methyl sites for hydroxylation is 4. The number of hydrogen-bond donors (Lipinski definition) is 1. The van der Waals surface area contributed by atoms with Crippen LogP contribution in [0.15, 0.2) is 36.7 Å². The van der Waals surface area contributed by atoms with Crippen LogP contribution in [0.3, 0.4) is 0 Å². The molecule has 1 amide bonds. The number of ketones is 1. The molecule has 0 saturated carbocycles. The molecule has 15 nitrogen and oxygen atoms in total. The van der Waals surface area contributed by atoms with Crippen LogP contribution < -0.4 is 4.90 Å². The number of carbonyl (C=O) groups is 2. The minimum Gasteiger partial charge on any atom is -0.444 e. The molecule has 1 N–H and O–H groups in total. The van der Waals surface area contributed by atoms with Crippen LogP contribution >= 0.6 is 46.4 Å². The molecule has 0 radical (unpaired) electrons. The number of rotatable bonds is 4. The zero-order chi connectivity index (χ0) is 42.1. The SMILES string of the molecule is Cc1nc(C(=O)c2ccc3nn(C)cc3c2Cl)c(Cl)nc1Cl.Cc1nc2c(-c3ccc4nn(C)cc4c3Cl)[nH]nc2nc1N1CCC2(CC1)CN(C(=O)OC(C)(C)C)C2. The molecule has 2 fully saturated rings. The Balaban J connectivity index is 0.000000188. The van der Waals surface area contributed by atoms with Crippen LogP contribution in [0.1, 0.15) is 61.1 Å². The summed E-state index contributed by atoms with van der Waals surface area (Å²) in [6.07, 6.45) is 5.43. The summed E-state index contributed by atoms with van der Waals surface area (Å²) in [5, 5.41) is 18.8. The third kappa shape index (κ3) is 7.76. The first-order valence-corrected chi connectivity index (χ1v) is 20.4. The number of piperidine rings is 1. The quantitative estimate of drug-likeness (QED) is 0.168. The number of hydrogen-bond acceptors (Lipinski definition) is 11. The Hall–Kier alpha value is -5.09. The van der Waals surface area contributed by atoms with E-state index in [0.29, 0.717) is 43.4 Å². The van der Waals surface area contributed by atoms with Gasteiger partial charge in [-0.05, 0) is 71.7 Å². The zero-order valence-electron chi connectivity index (χ0n) is 33.4. The van der Waals surface area contributed by atoms with Crippen molar-refractivity contribution in [3.05, 3.63) is 79.7 Å². The van der Waals surface area contributed by atoms with Gasteiger partial charge in [0.25, 0.3) is 0 Å². The Kier molecular flexibility index (Phi) is 10.5. The molecule has 0 bridgehead atoms. The highest BCUT2D eigenvalue weighted by molar-refractivity contribution is 6.41. The molecule has 7 heterocycles. The van der Waals surface area contributed by atoms with E-state index in [4.69, 9.17) is 61.1 Å². The molecular formula is C40H40Cl4N12O3. The van der Waals surface area contributed by atoms with Crippen molar-refractivity contribution in [1.29, 1.82) is 0 Å². The average molecular weight is 879 g/mol. The zero-order valence-corrected chi connectivity index (χ0v) is 36.4. The molecular weight excluding hydrogens is 838 g/mol. The highest BCUT2D eigenvalue weighted by atomic mass is 35.5. The maximum absolute atomic E-state index is 12.7. The first-order valence-electron chi connectivity index (χ1n) is 18.8. The van der Waals surface area contributed by atoms with Gasteiger partial charge < -0.3 is 14.5 Å². The summed E-state index contributed by atoms with van der Waals surface area (Å²) in [4.78, 5) is 46.9. The van der Waals surface area contributed by atoms with E-state index in [2.05, 4.69) is 35.3 Å². The van der Waals surface area contributed by atoms with Crippen molar-refractivity contribution >= 4 is 97.1 Å². The minimum absolute atomic E-state index is 0.0220. The number of fused-ring (bicyclic) bond motifs is 3. The molecule has 2 aliphatic heterocycles. The third-order valence-electron chi connectivity index (χ3n) is 10.5. The molecule has 2 aliphatic rings. The van der Waals surface area contributed by atoms with Gasteiger partial charge in [-0.3, -0.25) is 19.3 Å². The van der Waals surface area contributed by atoms with E-state index in [1.165, 1.54) is 0 Å². The predicted octanol–water partition coefficient (Wildman–Crippen LogP) is 8.57. The number of ether oxygens (including phenoxy) is 1. The fraction of sp³-hybridized carbons (Fsp3) is 0.375. The van der Waals surface area contributed by atoms with Crippen LogP contribution in [0.4, 0.5) is 10.6 Å². The summed E-state index contributed by atoms with van der Waals surface area (Å²) in [6.45, 7) is 12.6. The van der Waals surface area contributed by atoms with Gasteiger partial charge in [-0.15, -0.1) is 0 Å². The third-order valence-corrected chi connectivity index (χ3v) is 12.0. The summed E-state index contributed by atoms with van der Waals surface area (Å²) in [7, 11) is 3.66. The van der Waals surface area contributed by atoms with Gasteiger partial charge in [0.05, 0.1) is 38.2 Å². The van der Waals surface area contributed by atoms with Gasteiger partial charge in [0.2, 0.25) is 11.4 Å².